The average Bonchev–Trinajstić information content (AvgIpc) is 2.80. The molecular weight excluding hydrogens is 368 g/mol. The Morgan fingerprint density at radius 1 is 0.833 bits per heavy atom. The van der Waals surface area contributed by atoms with Crippen molar-refractivity contribution in [2.45, 2.75) is 39.2 Å². The summed E-state index contributed by atoms with van der Waals surface area (Å²) in [5, 5.41) is 0. The zero-order chi connectivity index (χ0) is 20.9. The molecule has 0 radical (unpaired) electrons. The molecule has 30 heavy (non-hydrogen) atoms. The summed E-state index contributed by atoms with van der Waals surface area (Å²) in [6.45, 7) is 11.2. The highest BCUT2D eigenvalue weighted by atomic mass is 15.3. The highest BCUT2D eigenvalue weighted by Crippen LogP contribution is 2.27. The number of rotatable bonds is 6. The Morgan fingerprint density at radius 3 is 2.27 bits per heavy atom. The second-order valence-electron chi connectivity index (χ2n) is 8.64. The van der Waals surface area contributed by atoms with Gasteiger partial charge < -0.3 is 4.90 Å². The van der Waals surface area contributed by atoms with Crippen LogP contribution in [0.5, 0.6) is 0 Å². The first-order valence-electron chi connectivity index (χ1n) is 11.0. The molecule has 1 unspecified atom stereocenters. The van der Waals surface area contributed by atoms with Gasteiger partial charge in [-0.2, -0.15) is 0 Å². The van der Waals surface area contributed by atoms with Gasteiger partial charge in [0, 0.05) is 50.8 Å². The maximum atomic E-state index is 4.27. The Kier molecular flexibility index (Phi) is 6.44. The van der Waals surface area contributed by atoms with Crippen molar-refractivity contribution in [3.8, 4) is 11.1 Å². The van der Waals surface area contributed by atoms with Crippen LogP contribution in [0.25, 0.3) is 11.1 Å². The van der Waals surface area contributed by atoms with Crippen LogP contribution in [0.15, 0.2) is 67.3 Å². The predicted molar refractivity (Wildman–Crippen MR) is 125 cm³/mol. The molecule has 4 nitrogen and oxygen atoms in total. The van der Waals surface area contributed by atoms with Gasteiger partial charge in [0.1, 0.15) is 0 Å². The molecule has 4 heteroatoms. The third-order valence-electron chi connectivity index (χ3n) is 6.18. The Balaban J connectivity index is 1.45. The molecule has 3 heterocycles. The van der Waals surface area contributed by atoms with Gasteiger partial charge in [-0.3, -0.25) is 14.9 Å². The topological polar surface area (TPSA) is 32.3 Å². The Morgan fingerprint density at radius 2 is 1.60 bits per heavy atom. The number of hydrogen-bond acceptors (Lipinski definition) is 4. The normalized spacial score (nSPS) is 16.1. The second-order valence-corrected chi connectivity index (χ2v) is 8.64. The molecule has 1 aromatic carbocycles. The van der Waals surface area contributed by atoms with E-state index in [2.05, 4.69) is 76.9 Å². The zero-order valence-electron chi connectivity index (χ0n) is 18.3. The third-order valence-corrected chi connectivity index (χ3v) is 6.18. The third kappa shape index (κ3) is 4.88. The molecule has 1 aliphatic rings. The van der Waals surface area contributed by atoms with Gasteiger partial charge in [-0.15, -0.1) is 0 Å². The van der Waals surface area contributed by atoms with Crippen molar-refractivity contribution in [2.24, 2.45) is 0 Å². The first-order chi connectivity index (χ1) is 14.6. The fourth-order valence-electron chi connectivity index (χ4n) is 4.31. The molecule has 0 aliphatic carbocycles. The predicted octanol–water partition coefficient (Wildman–Crippen LogP) is 5.02. The molecule has 1 atom stereocenters. The van der Waals surface area contributed by atoms with Gasteiger partial charge in [-0.25, -0.2) is 0 Å². The monoisotopic (exact) mass is 400 g/mol. The van der Waals surface area contributed by atoms with Crippen LogP contribution in [0.2, 0.25) is 0 Å². The van der Waals surface area contributed by atoms with E-state index in [0.29, 0.717) is 12.0 Å². The summed E-state index contributed by atoms with van der Waals surface area (Å²) >= 11 is 0. The van der Waals surface area contributed by atoms with Gasteiger partial charge in [-0.05, 0) is 65.8 Å². The Labute approximate surface area is 180 Å². The van der Waals surface area contributed by atoms with E-state index >= 15 is 0 Å². The minimum atomic E-state index is 0.517. The molecule has 1 fully saturated rings. The largest absolute Gasteiger partial charge is 0.368 e. The summed E-state index contributed by atoms with van der Waals surface area (Å²) in [5.74, 6) is 0.517. The van der Waals surface area contributed by atoms with Crippen LogP contribution < -0.4 is 4.90 Å². The van der Waals surface area contributed by atoms with Crippen molar-refractivity contribution in [1.82, 2.24) is 14.9 Å². The highest BCUT2D eigenvalue weighted by Gasteiger charge is 2.22. The number of pyridine rings is 2. The van der Waals surface area contributed by atoms with Gasteiger partial charge in [0.15, 0.2) is 0 Å². The van der Waals surface area contributed by atoms with Crippen LogP contribution in [-0.4, -0.2) is 47.1 Å². The number of anilines is 1. The summed E-state index contributed by atoms with van der Waals surface area (Å²) < 4.78 is 0. The maximum Gasteiger partial charge on any atom is 0.0553 e. The quantitative estimate of drug-likeness (QED) is 0.581. The summed E-state index contributed by atoms with van der Waals surface area (Å²) in [6, 6.07) is 16.0. The SMILES string of the molecule is CC(C)c1cc(CC(C)N2CCN(c3cccnc3)CC2)cc(-c2ccncc2)c1. The fourth-order valence-corrected chi connectivity index (χ4v) is 4.31. The molecular formula is C26H32N4. The first-order valence-corrected chi connectivity index (χ1v) is 11.0. The number of nitrogens with zero attached hydrogens (tertiary/aromatic N) is 4. The van der Waals surface area contributed by atoms with Gasteiger partial charge in [0.2, 0.25) is 0 Å². The van der Waals surface area contributed by atoms with Gasteiger partial charge in [0.25, 0.3) is 0 Å². The maximum absolute atomic E-state index is 4.27. The van der Waals surface area contributed by atoms with Crippen LogP contribution >= 0.6 is 0 Å². The summed E-state index contributed by atoms with van der Waals surface area (Å²) in [4.78, 5) is 13.5. The van der Waals surface area contributed by atoms with Gasteiger partial charge >= 0.3 is 0 Å². The van der Waals surface area contributed by atoms with E-state index in [1.54, 1.807) is 0 Å². The van der Waals surface area contributed by atoms with Crippen molar-refractivity contribution in [2.75, 3.05) is 31.1 Å². The Hall–Kier alpha value is -2.72. The first kappa shape index (κ1) is 20.5. The van der Waals surface area contributed by atoms with Crippen LogP contribution in [0.1, 0.15) is 37.8 Å². The lowest BCUT2D eigenvalue weighted by Gasteiger charge is -2.39. The van der Waals surface area contributed by atoms with Crippen LogP contribution in [0.3, 0.4) is 0 Å². The van der Waals surface area contributed by atoms with Crippen molar-refractivity contribution >= 4 is 5.69 Å². The average molecular weight is 401 g/mol. The summed E-state index contributed by atoms with van der Waals surface area (Å²) in [6.07, 6.45) is 8.64. The second kappa shape index (κ2) is 9.40. The van der Waals surface area contributed by atoms with E-state index in [4.69, 9.17) is 0 Å². The van der Waals surface area contributed by atoms with Gasteiger partial charge in [0.05, 0.1) is 11.9 Å². The molecule has 0 spiro atoms. The van der Waals surface area contributed by atoms with Crippen LogP contribution in [0, 0.1) is 0 Å². The standard InChI is InChI=1S/C26H32N4/c1-20(2)24-16-22(17-25(18-24)23-6-9-27-10-7-23)15-21(3)29-11-13-30(14-12-29)26-5-4-8-28-19-26/h4-10,16-21H,11-15H2,1-3H3. The molecule has 0 bridgehead atoms. The van der Waals surface area contributed by atoms with E-state index < -0.39 is 0 Å². The lowest BCUT2D eigenvalue weighted by atomic mass is 9.92. The molecule has 0 amide bonds. The molecule has 0 N–H and O–H groups in total. The molecule has 2 aromatic heterocycles. The lowest BCUT2D eigenvalue weighted by Crippen LogP contribution is -2.50. The zero-order valence-corrected chi connectivity index (χ0v) is 18.3. The molecule has 1 saturated heterocycles. The van der Waals surface area contributed by atoms with E-state index in [-0.39, 0.29) is 0 Å². The summed E-state index contributed by atoms with van der Waals surface area (Å²) in [5.41, 5.74) is 6.61. The number of piperazine rings is 1. The number of aromatic nitrogens is 2. The minimum Gasteiger partial charge on any atom is -0.368 e. The van der Waals surface area contributed by atoms with Crippen LogP contribution in [-0.2, 0) is 6.42 Å². The van der Waals surface area contributed by atoms with Crippen molar-refractivity contribution in [3.05, 3.63) is 78.4 Å². The molecule has 0 saturated carbocycles. The van der Waals surface area contributed by atoms with Crippen molar-refractivity contribution in [1.29, 1.82) is 0 Å². The van der Waals surface area contributed by atoms with E-state index in [0.717, 1.165) is 32.6 Å². The number of benzene rings is 1. The summed E-state index contributed by atoms with van der Waals surface area (Å²) in [7, 11) is 0. The molecule has 156 valence electrons. The minimum absolute atomic E-state index is 0.517. The van der Waals surface area contributed by atoms with Crippen molar-refractivity contribution in [3.63, 3.8) is 0 Å². The highest BCUT2D eigenvalue weighted by molar-refractivity contribution is 5.65. The van der Waals surface area contributed by atoms with Gasteiger partial charge in [-0.1, -0.05) is 32.0 Å². The Bertz CT molecular complexity index is 932. The fraction of sp³-hybridized carbons (Fsp3) is 0.385. The van der Waals surface area contributed by atoms with E-state index in [1.807, 2.05) is 30.9 Å². The van der Waals surface area contributed by atoms with Crippen molar-refractivity contribution < 1.29 is 0 Å². The van der Waals surface area contributed by atoms with Crippen LogP contribution in [0.4, 0.5) is 5.69 Å². The van der Waals surface area contributed by atoms with E-state index in [1.165, 1.54) is 27.9 Å². The molecule has 3 aromatic rings. The molecule has 1 aliphatic heterocycles. The number of hydrogen-bond donors (Lipinski definition) is 0. The smallest absolute Gasteiger partial charge is 0.0553 e. The molecule has 4 rings (SSSR count). The van der Waals surface area contributed by atoms with E-state index in [9.17, 15) is 0 Å². The lowest BCUT2D eigenvalue weighted by molar-refractivity contribution is 0.196.